The lowest BCUT2D eigenvalue weighted by atomic mass is 10.1. The fourth-order valence-electron chi connectivity index (χ4n) is 3.87. The van der Waals surface area contributed by atoms with E-state index in [1.54, 1.807) is 13.2 Å². The van der Waals surface area contributed by atoms with Crippen LogP contribution in [0.3, 0.4) is 0 Å². The summed E-state index contributed by atoms with van der Waals surface area (Å²) in [7, 11) is 1.77. The van der Waals surface area contributed by atoms with Crippen LogP contribution in [0.2, 0.25) is 0 Å². The summed E-state index contributed by atoms with van der Waals surface area (Å²) >= 11 is 0. The van der Waals surface area contributed by atoms with Crippen LogP contribution in [0, 0.1) is 5.92 Å². The van der Waals surface area contributed by atoms with Crippen molar-refractivity contribution >= 4 is 11.9 Å². The number of carbonyl (C=O) groups is 1. The van der Waals surface area contributed by atoms with E-state index in [9.17, 15) is 4.79 Å². The zero-order chi connectivity index (χ0) is 19.1. The largest absolute Gasteiger partial charge is 0.478 e. The third kappa shape index (κ3) is 5.34. The van der Waals surface area contributed by atoms with Gasteiger partial charge in [-0.1, -0.05) is 12.8 Å². The van der Waals surface area contributed by atoms with E-state index in [2.05, 4.69) is 20.6 Å². The second-order valence-corrected chi connectivity index (χ2v) is 7.26. The van der Waals surface area contributed by atoms with Crippen molar-refractivity contribution in [2.45, 2.75) is 51.6 Å². The van der Waals surface area contributed by atoms with E-state index >= 15 is 0 Å². The minimum atomic E-state index is 0.248. The molecule has 0 spiro atoms. The number of amides is 1. The van der Waals surface area contributed by atoms with E-state index in [1.165, 1.54) is 12.8 Å². The fourth-order valence-corrected chi connectivity index (χ4v) is 3.87. The minimum Gasteiger partial charge on any atom is -0.478 e. The smallest absolute Gasteiger partial charge is 0.225 e. The first kappa shape index (κ1) is 19.5. The molecule has 1 amide bonds. The maximum absolute atomic E-state index is 12.6. The second kappa shape index (κ2) is 9.58. The van der Waals surface area contributed by atoms with Gasteiger partial charge in [0.25, 0.3) is 0 Å². The van der Waals surface area contributed by atoms with E-state index in [1.807, 2.05) is 24.0 Å². The summed E-state index contributed by atoms with van der Waals surface area (Å²) in [5.41, 5.74) is 1.08. The predicted octanol–water partition coefficient (Wildman–Crippen LogP) is 1.94. The zero-order valence-electron chi connectivity index (χ0n) is 16.4. The number of ether oxygens (including phenoxy) is 1. The number of nitrogens with one attached hydrogen (secondary N) is 2. The molecule has 1 unspecified atom stereocenters. The monoisotopic (exact) mass is 373 g/mol. The standard InChI is InChI=1S/C20H31N5O2/c1-3-27-18-12-15(8-10-22-18)13-23-20(21-2)24-17-9-11-25(14-17)19(26)16-6-4-5-7-16/h8,10,12,16-17H,3-7,9,11,13-14H2,1-2H3,(H2,21,23,24). The molecule has 2 N–H and O–H groups in total. The van der Waals surface area contributed by atoms with Gasteiger partial charge in [-0.05, 0) is 37.8 Å². The molecule has 0 aromatic carbocycles. The summed E-state index contributed by atoms with van der Waals surface area (Å²) in [6.45, 7) is 4.79. The summed E-state index contributed by atoms with van der Waals surface area (Å²) in [5.74, 6) is 1.99. The summed E-state index contributed by atoms with van der Waals surface area (Å²) in [6, 6.07) is 4.14. The number of hydrogen-bond donors (Lipinski definition) is 2. The molecular weight excluding hydrogens is 342 g/mol. The van der Waals surface area contributed by atoms with Crippen LogP contribution >= 0.6 is 0 Å². The fraction of sp³-hybridized carbons (Fsp3) is 0.650. The molecule has 1 aromatic rings. The Balaban J connectivity index is 1.46. The first-order valence-electron chi connectivity index (χ1n) is 10.0. The van der Waals surface area contributed by atoms with Crippen LogP contribution in [0.1, 0.15) is 44.6 Å². The van der Waals surface area contributed by atoms with Gasteiger partial charge >= 0.3 is 0 Å². The van der Waals surface area contributed by atoms with Gasteiger partial charge in [-0.15, -0.1) is 0 Å². The molecule has 27 heavy (non-hydrogen) atoms. The van der Waals surface area contributed by atoms with Crippen molar-refractivity contribution in [1.29, 1.82) is 0 Å². The molecule has 1 saturated carbocycles. The van der Waals surface area contributed by atoms with Crippen molar-refractivity contribution in [1.82, 2.24) is 20.5 Å². The number of rotatable bonds is 6. The van der Waals surface area contributed by atoms with Gasteiger partial charge in [0.2, 0.25) is 11.8 Å². The highest BCUT2D eigenvalue weighted by molar-refractivity contribution is 5.81. The van der Waals surface area contributed by atoms with Crippen molar-refractivity contribution in [2.24, 2.45) is 10.9 Å². The lowest BCUT2D eigenvalue weighted by molar-refractivity contribution is -0.134. The number of likely N-dealkylation sites (tertiary alicyclic amines) is 1. The number of guanidine groups is 1. The van der Waals surface area contributed by atoms with Crippen LogP contribution in [0.15, 0.2) is 23.3 Å². The molecule has 7 nitrogen and oxygen atoms in total. The topological polar surface area (TPSA) is 78.9 Å². The van der Waals surface area contributed by atoms with Gasteiger partial charge in [0.1, 0.15) is 0 Å². The molecule has 3 rings (SSSR count). The molecule has 2 fully saturated rings. The van der Waals surface area contributed by atoms with Crippen LogP contribution in [-0.4, -0.2) is 54.5 Å². The van der Waals surface area contributed by atoms with Crippen molar-refractivity contribution in [3.05, 3.63) is 23.9 Å². The predicted molar refractivity (Wildman–Crippen MR) is 106 cm³/mol. The molecule has 1 aliphatic heterocycles. The lowest BCUT2D eigenvalue weighted by Crippen LogP contribution is -2.45. The van der Waals surface area contributed by atoms with E-state index in [0.29, 0.717) is 24.9 Å². The molecular formula is C20H31N5O2. The third-order valence-corrected chi connectivity index (χ3v) is 5.32. The van der Waals surface area contributed by atoms with Crippen LogP contribution in [-0.2, 0) is 11.3 Å². The molecule has 7 heteroatoms. The Labute approximate surface area is 161 Å². The van der Waals surface area contributed by atoms with Gasteiger partial charge in [0.15, 0.2) is 5.96 Å². The van der Waals surface area contributed by atoms with Crippen molar-refractivity contribution in [2.75, 3.05) is 26.7 Å². The number of aliphatic imine (C=N–C) groups is 1. The molecule has 2 heterocycles. The zero-order valence-corrected chi connectivity index (χ0v) is 16.4. The summed E-state index contributed by atoms with van der Waals surface area (Å²) in [5, 5.41) is 6.78. The molecule has 2 aliphatic rings. The Kier molecular flexibility index (Phi) is 6.90. The molecule has 148 valence electrons. The Morgan fingerprint density at radius 2 is 2.19 bits per heavy atom. The number of carbonyl (C=O) groups excluding carboxylic acids is 1. The molecule has 1 aromatic heterocycles. The second-order valence-electron chi connectivity index (χ2n) is 7.26. The quantitative estimate of drug-likeness (QED) is 0.588. The summed E-state index contributed by atoms with van der Waals surface area (Å²) in [6.07, 6.45) is 7.23. The van der Waals surface area contributed by atoms with Gasteiger partial charge in [-0.25, -0.2) is 4.98 Å². The minimum absolute atomic E-state index is 0.248. The van der Waals surface area contributed by atoms with Gasteiger partial charge in [0.05, 0.1) is 6.61 Å². The highest BCUT2D eigenvalue weighted by atomic mass is 16.5. The SMILES string of the molecule is CCOc1cc(CNC(=NC)NC2CCN(C(=O)C3CCCC3)C2)ccn1. The highest BCUT2D eigenvalue weighted by Gasteiger charge is 2.32. The normalized spacial score (nSPS) is 20.7. The van der Waals surface area contributed by atoms with Gasteiger partial charge < -0.3 is 20.3 Å². The number of hydrogen-bond acceptors (Lipinski definition) is 4. The summed E-state index contributed by atoms with van der Waals surface area (Å²) in [4.78, 5) is 23.1. The molecule has 1 atom stereocenters. The maximum Gasteiger partial charge on any atom is 0.225 e. The van der Waals surface area contributed by atoms with E-state index in [-0.39, 0.29) is 12.0 Å². The third-order valence-electron chi connectivity index (χ3n) is 5.32. The Morgan fingerprint density at radius 1 is 1.37 bits per heavy atom. The Hall–Kier alpha value is -2.31. The number of aromatic nitrogens is 1. The summed E-state index contributed by atoms with van der Waals surface area (Å²) < 4.78 is 5.44. The van der Waals surface area contributed by atoms with Crippen LogP contribution < -0.4 is 15.4 Å². The maximum atomic E-state index is 12.6. The van der Waals surface area contributed by atoms with Crippen molar-refractivity contribution < 1.29 is 9.53 Å². The van der Waals surface area contributed by atoms with E-state index in [0.717, 1.165) is 43.9 Å². The first-order valence-corrected chi connectivity index (χ1v) is 10.0. The Bertz CT molecular complexity index is 658. The van der Waals surface area contributed by atoms with Gasteiger partial charge in [-0.3, -0.25) is 9.79 Å². The molecule has 1 aliphatic carbocycles. The molecule has 0 bridgehead atoms. The van der Waals surface area contributed by atoms with Gasteiger partial charge in [0, 0.05) is 50.9 Å². The van der Waals surface area contributed by atoms with E-state index in [4.69, 9.17) is 4.74 Å². The van der Waals surface area contributed by atoms with Gasteiger partial charge in [-0.2, -0.15) is 0 Å². The number of nitrogens with zero attached hydrogens (tertiary/aromatic N) is 3. The van der Waals surface area contributed by atoms with Crippen molar-refractivity contribution in [3.63, 3.8) is 0 Å². The van der Waals surface area contributed by atoms with Crippen LogP contribution in [0.25, 0.3) is 0 Å². The number of pyridine rings is 1. The lowest BCUT2D eigenvalue weighted by Gasteiger charge is -2.21. The molecule has 0 radical (unpaired) electrons. The van der Waals surface area contributed by atoms with Crippen LogP contribution in [0.4, 0.5) is 0 Å². The average Bonchev–Trinajstić information content (AvgIpc) is 3.37. The highest BCUT2D eigenvalue weighted by Crippen LogP contribution is 2.27. The molecule has 1 saturated heterocycles. The van der Waals surface area contributed by atoms with Crippen molar-refractivity contribution in [3.8, 4) is 5.88 Å². The van der Waals surface area contributed by atoms with E-state index < -0.39 is 0 Å². The van der Waals surface area contributed by atoms with Crippen LogP contribution in [0.5, 0.6) is 5.88 Å². The Morgan fingerprint density at radius 3 is 2.93 bits per heavy atom. The first-order chi connectivity index (χ1) is 13.2. The average molecular weight is 374 g/mol.